The first-order valence-corrected chi connectivity index (χ1v) is 7.06. The van der Waals surface area contributed by atoms with Gasteiger partial charge in [-0.25, -0.2) is 4.98 Å². The van der Waals surface area contributed by atoms with Gasteiger partial charge in [0, 0.05) is 13.1 Å². The van der Waals surface area contributed by atoms with Gasteiger partial charge < -0.3 is 15.0 Å². The van der Waals surface area contributed by atoms with Crippen LogP contribution in [0.25, 0.3) is 11.0 Å². The Bertz CT molecular complexity index is 564. The standard InChI is InChI=1S/C15H21N3O/c1-18-14-8-3-2-7-13(14)17-15(18)10-16-11-5-4-6-12(19)9-11/h2-3,7-8,11-12,16,19H,4-6,9-10H2,1H3. The molecule has 0 amide bonds. The predicted octanol–water partition coefficient (Wildman–Crippen LogP) is 1.97. The molecule has 0 bridgehead atoms. The van der Waals surface area contributed by atoms with Crippen LogP contribution in [0.3, 0.4) is 0 Å². The molecule has 2 aromatic rings. The lowest BCUT2D eigenvalue weighted by molar-refractivity contribution is 0.111. The van der Waals surface area contributed by atoms with Crippen LogP contribution in [0.2, 0.25) is 0 Å². The molecule has 0 aliphatic heterocycles. The molecule has 3 rings (SSSR count). The first-order valence-electron chi connectivity index (χ1n) is 7.06. The van der Waals surface area contributed by atoms with Crippen molar-refractivity contribution in [2.45, 2.75) is 44.4 Å². The molecule has 4 nitrogen and oxygen atoms in total. The minimum Gasteiger partial charge on any atom is -0.393 e. The molecular weight excluding hydrogens is 238 g/mol. The third-order valence-corrected chi connectivity index (χ3v) is 4.08. The molecule has 1 saturated carbocycles. The predicted molar refractivity (Wildman–Crippen MR) is 75.8 cm³/mol. The lowest BCUT2D eigenvalue weighted by Crippen LogP contribution is -2.36. The number of aryl methyl sites for hydroxylation is 1. The Kier molecular flexibility index (Phi) is 3.53. The maximum Gasteiger partial charge on any atom is 0.123 e. The topological polar surface area (TPSA) is 50.1 Å². The third kappa shape index (κ3) is 2.65. The number of nitrogens with one attached hydrogen (secondary N) is 1. The second kappa shape index (κ2) is 5.31. The van der Waals surface area contributed by atoms with Crippen molar-refractivity contribution in [3.63, 3.8) is 0 Å². The molecule has 0 radical (unpaired) electrons. The van der Waals surface area contributed by atoms with E-state index in [1.54, 1.807) is 0 Å². The van der Waals surface area contributed by atoms with Crippen LogP contribution in [-0.4, -0.2) is 26.8 Å². The Morgan fingerprint density at radius 3 is 3.00 bits per heavy atom. The molecule has 1 aliphatic carbocycles. The molecule has 1 aromatic heterocycles. The zero-order chi connectivity index (χ0) is 13.2. The molecule has 1 heterocycles. The number of fused-ring (bicyclic) bond motifs is 1. The highest BCUT2D eigenvalue weighted by atomic mass is 16.3. The fourth-order valence-corrected chi connectivity index (χ4v) is 2.94. The number of benzene rings is 1. The molecule has 4 heteroatoms. The highest BCUT2D eigenvalue weighted by Gasteiger charge is 2.20. The number of imidazole rings is 1. The molecule has 19 heavy (non-hydrogen) atoms. The Balaban J connectivity index is 1.69. The zero-order valence-electron chi connectivity index (χ0n) is 11.3. The summed E-state index contributed by atoms with van der Waals surface area (Å²) in [6.45, 7) is 0.766. The molecule has 1 fully saturated rings. The van der Waals surface area contributed by atoms with Crippen LogP contribution in [0.15, 0.2) is 24.3 Å². The van der Waals surface area contributed by atoms with Gasteiger partial charge in [-0.2, -0.15) is 0 Å². The first kappa shape index (κ1) is 12.6. The molecule has 1 aliphatic rings. The average Bonchev–Trinajstić information content (AvgIpc) is 2.74. The van der Waals surface area contributed by atoms with Crippen LogP contribution >= 0.6 is 0 Å². The van der Waals surface area contributed by atoms with Gasteiger partial charge in [-0.15, -0.1) is 0 Å². The van der Waals surface area contributed by atoms with E-state index >= 15 is 0 Å². The highest BCUT2D eigenvalue weighted by Crippen LogP contribution is 2.19. The maximum absolute atomic E-state index is 9.68. The molecule has 2 N–H and O–H groups in total. The van der Waals surface area contributed by atoms with E-state index in [2.05, 4.69) is 28.0 Å². The second-order valence-corrected chi connectivity index (χ2v) is 5.47. The number of aliphatic hydroxyl groups is 1. The number of rotatable bonds is 3. The Labute approximate surface area is 113 Å². The van der Waals surface area contributed by atoms with Crippen LogP contribution in [0, 0.1) is 0 Å². The molecule has 1 aromatic carbocycles. The number of nitrogens with zero attached hydrogens (tertiary/aromatic N) is 2. The fourth-order valence-electron chi connectivity index (χ4n) is 2.94. The molecule has 102 valence electrons. The third-order valence-electron chi connectivity index (χ3n) is 4.08. The van der Waals surface area contributed by atoms with Crippen LogP contribution < -0.4 is 5.32 Å². The van der Waals surface area contributed by atoms with Gasteiger partial charge >= 0.3 is 0 Å². The van der Waals surface area contributed by atoms with Gasteiger partial charge in [0.05, 0.1) is 23.7 Å². The van der Waals surface area contributed by atoms with Crippen molar-refractivity contribution in [1.29, 1.82) is 0 Å². The Morgan fingerprint density at radius 1 is 1.37 bits per heavy atom. The Hall–Kier alpha value is -1.39. The van der Waals surface area contributed by atoms with Gasteiger partial charge in [-0.1, -0.05) is 12.1 Å². The normalized spacial score (nSPS) is 23.9. The van der Waals surface area contributed by atoms with Gasteiger partial charge in [0.2, 0.25) is 0 Å². The lowest BCUT2D eigenvalue weighted by Gasteiger charge is -2.26. The van der Waals surface area contributed by atoms with Crippen LogP contribution in [-0.2, 0) is 13.6 Å². The largest absolute Gasteiger partial charge is 0.393 e. The maximum atomic E-state index is 9.68. The van der Waals surface area contributed by atoms with Crippen molar-refractivity contribution >= 4 is 11.0 Å². The van der Waals surface area contributed by atoms with Crippen molar-refractivity contribution < 1.29 is 5.11 Å². The van der Waals surface area contributed by atoms with Crippen molar-refractivity contribution in [2.75, 3.05) is 0 Å². The lowest BCUT2D eigenvalue weighted by atomic mass is 9.93. The van der Waals surface area contributed by atoms with Crippen molar-refractivity contribution in [3.8, 4) is 0 Å². The summed E-state index contributed by atoms with van der Waals surface area (Å²) >= 11 is 0. The minimum absolute atomic E-state index is 0.133. The smallest absolute Gasteiger partial charge is 0.123 e. The van der Waals surface area contributed by atoms with Crippen molar-refractivity contribution in [1.82, 2.24) is 14.9 Å². The van der Waals surface area contributed by atoms with E-state index in [0.717, 1.165) is 43.6 Å². The number of aliphatic hydroxyl groups excluding tert-OH is 1. The minimum atomic E-state index is -0.133. The number of aromatic nitrogens is 2. The van der Waals surface area contributed by atoms with E-state index in [4.69, 9.17) is 0 Å². The number of hydrogen-bond acceptors (Lipinski definition) is 3. The summed E-state index contributed by atoms with van der Waals surface area (Å²) in [5.74, 6) is 1.06. The summed E-state index contributed by atoms with van der Waals surface area (Å²) in [5, 5.41) is 13.2. The van der Waals surface area contributed by atoms with Gasteiger partial charge in [0.15, 0.2) is 0 Å². The van der Waals surface area contributed by atoms with Gasteiger partial charge in [-0.05, 0) is 37.8 Å². The highest BCUT2D eigenvalue weighted by molar-refractivity contribution is 5.75. The molecule has 0 spiro atoms. The Morgan fingerprint density at radius 2 is 2.21 bits per heavy atom. The summed E-state index contributed by atoms with van der Waals surface area (Å²) in [7, 11) is 2.06. The zero-order valence-corrected chi connectivity index (χ0v) is 11.3. The summed E-state index contributed by atoms with van der Waals surface area (Å²) in [6.07, 6.45) is 3.95. The van der Waals surface area contributed by atoms with E-state index < -0.39 is 0 Å². The van der Waals surface area contributed by atoms with Crippen LogP contribution in [0.5, 0.6) is 0 Å². The molecule has 2 unspecified atom stereocenters. The summed E-state index contributed by atoms with van der Waals surface area (Å²) in [4.78, 5) is 4.65. The summed E-state index contributed by atoms with van der Waals surface area (Å²) < 4.78 is 2.14. The first-order chi connectivity index (χ1) is 9.24. The fraction of sp³-hybridized carbons (Fsp3) is 0.533. The van der Waals surface area contributed by atoms with E-state index in [9.17, 15) is 5.11 Å². The molecular formula is C15H21N3O. The summed E-state index contributed by atoms with van der Waals surface area (Å²) in [5.41, 5.74) is 2.22. The van der Waals surface area contributed by atoms with Crippen LogP contribution in [0.4, 0.5) is 0 Å². The van der Waals surface area contributed by atoms with Crippen molar-refractivity contribution in [3.05, 3.63) is 30.1 Å². The van der Waals surface area contributed by atoms with E-state index in [1.165, 1.54) is 5.52 Å². The van der Waals surface area contributed by atoms with Gasteiger partial charge in [0.25, 0.3) is 0 Å². The molecule has 2 atom stereocenters. The monoisotopic (exact) mass is 259 g/mol. The number of hydrogen-bond donors (Lipinski definition) is 2. The number of para-hydroxylation sites is 2. The van der Waals surface area contributed by atoms with Gasteiger partial charge in [-0.3, -0.25) is 0 Å². The van der Waals surface area contributed by atoms with E-state index in [-0.39, 0.29) is 6.10 Å². The van der Waals surface area contributed by atoms with Gasteiger partial charge in [0.1, 0.15) is 5.82 Å². The van der Waals surface area contributed by atoms with E-state index in [1.807, 2.05) is 18.2 Å². The summed E-state index contributed by atoms with van der Waals surface area (Å²) in [6, 6.07) is 8.62. The quantitative estimate of drug-likeness (QED) is 0.886. The average molecular weight is 259 g/mol. The van der Waals surface area contributed by atoms with E-state index in [0.29, 0.717) is 6.04 Å². The van der Waals surface area contributed by atoms with Crippen molar-refractivity contribution in [2.24, 2.45) is 7.05 Å². The molecule has 0 saturated heterocycles. The van der Waals surface area contributed by atoms with Crippen LogP contribution in [0.1, 0.15) is 31.5 Å². The SMILES string of the molecule is Cn1c(CNC2CCCC(O)C2)nc2ccccc21. The second-order valence-electron chi connectivity index (χ2n) is 5.47.